The zero-order valence-corrected chi connectivity index (χ0v) is 16.3. The van der Waals surface area contributed by atoms with Gasteiger partial charge in [-0.2, -0.15) is 0 Å². The molecule has 1 unspecified atom stereocenters. The number of ether oxygens (including phenoxy) is 1. The summed E-state index contributed by atoms with van der Waals surface area (Å²) in [5, 5.41) is -0.695. The Morgan fingerprint density at radius 2 is 1.80 bits per heavy atom. The van der Waals surface area contributed by atoms with Crippen molar-refractivity contribution in [2.24, 2.45) is 0 Å². The Morgan fingerprint density at radius 1 is 1.16 bits per heavy atom. The highest BCUT2D eigenvalue weighted by Gasteiger charge is 2.35. The number of nitrogens with zero attached hydrogens (tertiary/aromatic N) is 1. The van der Waals surface area contributed by atoms with Crippen LogP contribution in [0.4, 0.5) is 5.69 Å². The highest BCUT2D eigenvalue weighted by molar-refractivity contribution is 7.93. The number of hydrogen-bond donors (Lipinski definition) is 0. The molecule has 0 fully saturated rings. The lowest BCUT2D eigenvalue weighted by Gasteiger charge is -2.29. The SMILES string of the molecule is COc1ccccc1N(C(C)C(=O)Cl)S(=O)(=O)c1cc(Cl)ccc1Cl. The molecule has 0 aliphatic carbocycles. The van der Waals surface area contributed by atoms with Crippen molar-refractivity contribution in [1.82, 2.24) is 0 Å². The van der Waals surface area contributed by atoms with Gasteiger partial charge in [0, 0.05) is 5.02 Å². The number of anilines is 1. The van der Waals surface area contributed by atoms with E-state index in [2.05, 4.69) is 0 Å². The standard InChI is InChI=1S/C16H14Cl3NO4S/c1-10(16(19)21)20(13-5-3-4-6-14(13)24-2)25(22,23)15-9-11(17)7-8-12(15)18/h3-10H,1-2H3. The van der Waals surface area contributed by atoms with E-state index >= 15 is 0 Å². The lowest BCUT2D eigenvalue weighted by Crippen LogP contribution is -2.42. The van der Waals surface area contributed by atoms with E-state index in [9.17, 15) is 13.2 Å². The number of methoxy groups -OCH3 is 1. The van der Waals surface area contributed by atoms with Crippen molar-refractivity contribution in [1.29, 1.82) is 0 Å². The number of carbonyl (C=O) groups excluding carboxylic acids is 1. The maximum Gasteiger partial charge on any atom is 0.266 e. The third kappa shape index (κ3) is 4.03. The van der Waals surface area contributed by atoms with Gasteiger partial charge in [0.05, 0.1) is 17.8 Å². The topological polar surface area (TPSA) is 63.7 Å². The molecule has 0 N–H and O–H groups in total. The zero-order valence-electron chi connectivity index (χ0n) is 13.2. The van der Waals surface area contributed by atoms with Gasteiger partial charge in [0.2, 0.25) is 5.24 Å². The van der Waals surface area contributed by atoms with E-state index in [4.69, 9.17) is 39.5 Å². The summed E-state index contributed by atoms with van der Waals surface area (Å²) < 4.78 is 32.6. The second-order valence-corrected chi connectivity index (χ2v) is 8.03. The van der Waals surface area contributed by atoms with Crippen molar-refractivity contribution >= 4 is 55.8 Å². The van der Waals surface area contributed by atoms with Gasteiger partial charge in [-0.15, -0.1) is 0 Å². The summed E-state index contributed by atoms with van der Waals surface area (Å²) in [6.45, 7) is 1.37. The van der Waals surface area contributed by atoms with Crippen LogP contribution in [0.1, 0.15) is 6.92 Å². The van der Waals surface area contributed by atoms with Crippen molar-refractivity contribution in [3.8, 4) is 5.75 Å². The smallest absolute Gasteiger partial charge is 0.266 e. The molecular formula is C16H14Cl3NO4S. The molecule has 1 atom stereocenters. The minimum Gasteiger partial charge on any atom is -0.495 e. The number of para-hydroxylation sites is 2. The highest BCUT2D eigenvalue weighted by atomic mass is 35.5. The van der Waals surface area contributed by atoms with Crippen LogP contribution >= 0.6 is 34.8 Å². The number of carbonyl (C=O) groups is 1. The molecule has 2 aromatic rings. The molecule has 0 aliphatic rings. The van der Waals surface area contributed by atoms with Crippen LogP contribution in [0.2, 0.25) is 10.0 Å². The Labute approximate surface area is 161 Å². The molecule has 2 rings (SSSR count). The first-order valence-corrected chi connectivity index (χ1v) is 9.59. The summed E-state index contributed by atoms with van der Waals surface area (Å²) >= 11 is 17.6. The molecule has 0 aromatic heterocycles. The number of halogens is 3. The van der Waals surface area contributed by atoms with Crippen LogP contribution in [0.5, 0.6) is 5.75 Å². The Bertz CT molecular complexity index is 902. The molecular weight excluding hydrogens is 409 g/mol. The molecule has 0 radical (unpaired) electrons. The average Bonchev–Trinajstić information content (AvgIpc) is 2.57. The average molecular weight is 423 g/mol. The van der Waals surface area contributed by atoms with E-state index in [1.807, 2.05) is 0 Å². The third-order valence-electron chi connectivity index (χ3n) is 3.43. The van der Waals surface area contributed by atoms with E-state index in [1.54, 1.807) is 18.2 Å². The summed E-state index contributed by atoms with van der Waals surface area (Å²) in [6, 6.07) is 9.22. The second-order valence-electron chi connectivity index (χ2n) is 5.03. The van der Waals surface area contributed by atoms with E-state index in [1.165, 1.54) is 38.3 Å². The number of rotatable bonds is 6. The summed E-state index contributed by atoms with van der Waals surface area (Å²) in [5.41, 5.74) is 0.155. The van der Waals surface area contributed by atoms with Crippen molar-refractivity contribution < 1.29 is 17.9 Å². The minimum atomic E-state index is -4.25. The summed E-state index contributed by atoms with van der Waals surface area (Å²) in [7, 11) is -2.86. The predicted octanol–water partition coefficient (Wildman–Crippen LogP) is 4.35. The van der Waals surface area contributed by atoms with Crippen LogP contribution in [-0.2, 0) is 14.8 Å². The summed E-state index contributed by atoms with van der Waals surface area (Å²) in [5.74, 6) is 0.258. The van der Waals surface area contributed by atoms with Gasteiger partial charge in [-0.3, -0.25) is 9.10 Å². The lowest BCUT2D eigenvalue weighted by atomic mass is 10.2. The molecule has 25 heavy (non-hydrogen) atoms. The molecule has 134 valence electrons. The lowest BCUT2D eigenvalue weighted by molar-refractivity contribution is -0.112. The van der Waals surface area contributed by atoms with Crippen LogP contribution in [0.25, 0.3) is 0 Å². The number of sulfonamides is 1. The van der Waals surface area contributed by atoms with Gasteiger partial charge in [0.1, 0.15) is 16.7 Å². The molecule has 0 spiro atoms. The normalized spacial score (nSPS) is 12.5. The monoisotopic (exact) mass is 421 g/mol. The maximum absolute atomic E-state index is 13.2. The maximum atomic E-state index is 13.2. The summed E-state index contributed by atoms with van der Waals surface area (Å²) in [4.78, 5) is 11.5. The second kappa shape index (κ2) is 7.83. The Hall–Kier alpha value is -1.47. The molecule has 0 saturated heterocycles. The third-order valence-corrected chi connectivity index (χ3v) is 6.35. The molecule has 0 amide bonds. The highest BCUT2D eigenvalue weighted by Crippen LogP contribution is 2.36. The number of hydrogen-bond acceptors (Lipinski definition) is 4. The first-order valence-electron chi connectivity index (χ1n) is 7.02. The quantitative estimate of drug-likeness (QED) is 0.649. The Morgan fingerprint density at radius 3 is 2.40 bits per heavy atom. The van der Waals surface area contributed by atoms with Crippen LogP contribution < -0.4 is 9.04 Å². The Kier molecular flexibility index (Phi) is 6.21. The van der Waals surface area contributed by atoms with Crippen LogP contribution in [0, 0.1) is 0 Å². The largest absolute Gasteiger partial charge is 0.495 e. The van der Waals surface area contributed by atoms with Gasteiger partial charge < -0.3 is 4.74 Å². The van der Waals surface area contributed by atoms with Gasteiger partial charge in [0.25, 0.3) is 10.0 Å². The molecule has 0 heterocycles. The van der Waals surface area contributed by atoms with Crippen molar-refractivity contribution in [2.75, 3.05) is 11.4 Å². The summed E-state index contributed by atoms with van der Waals surface area (Å²) in [6.07, 6.45) is 0. The fraction of sp³-hybridized carbons (Fsp3) is 0.188. The molecule has 0 saturated carbocycles. The fourth-order valence-corrected chi connectivity index (χ4v) is 4.76. The van der Waals surface area contributed by atoms with Gasteiger partial charge in [-0.25, -0.2) is 8.42 Å². The van der Waals surface area contributed by atoms with Gasteiger partial charge in [-0.05, 0) is 48.9 Å². The fourth-order valence-electron chi connectivity index (χ4n) is 2.23. The molecule has 9 heteroatoms. The first kappa shape index (κ1) is 19.8. The van der Waals surface area contributed by atoms with Crippen molar-refractivity contribution in [2.45, 2.75) is 17.9 Å². The van der Waals surface area contributed by atoms with E-state index in [-0.39, 0.29) is 26.4 Å². The number of benzene rings is 2. The zero-order chi connectivity index (χ0) is 18.8. The molecule has 0 bridgehead atoms. The van der Waals surface area contributed by atoms with Crippen LogP contribution in [0.15, 0.2) is 47.4 Å². The van der Waals surface area contributed by atoms with Crippen LogP contribution in [0.3, 0.4) is 0 Å². The van der Waals surface area contributed by atoms with E-state index < -0.39 is 21.3 Å². The van der Waals surface area contributed by atoms with Crippen LogP contribution in [-0.4, -0.2) is 26.8 Å². The van der Waals surface area contributed by atoms with Gasteiger partial charge in [-0.1, -0.05) is 35.3 Å². The molecule has 5 nitrogen and oxygen atoms in total. The van der Waals surface area contributed by atoms with E-state index in [0.717, 1.165) is 4.31 Å². The van der Waals surface area contributed by atoms with Crippen molar-refractivity contribution in [3.63, 3.8) is 0 Å². The first-order chi connectivity index (χ1) is 11.7. The van der Waals surface area contributed by atoms with E-state index in [0.29, 0.717) is 0 Å². The minimum absolute atomic E-state index is 0.0291. The molecule has 0 aliphatic heterocycles. The van der Waals surface area contributed by atoms with Gasteiger partial charge in [0.15, 0.2) is 0 Å². The van der Waals surface area contributed by atoms with Crippen molar-refractivity contribution in [3.05, 3.63) is 52.5 Å². The Balaban J connectivity index is 2.75. The van der Waals surface area contributed by atoms with Gasteiger partial charge >= 0.3 is 0 Å². The predicted molar refractivity (Wildman–Crippen MR) is 99.4 cm³/mol. The molecule has 2 aromatic carbocycles.